The van der Waals surface area contributed by atoms with E-state index in [9.17, 15) is 8.96 Å². The number of nitrogens with zero attached hydrogens (tertiary/aromatic N) is 2. The quantitative estimate of drug-likeness (QED) is 0.302. The molecule has 9 nitrogen and oxygen atoms in total. The zero-order chi connectivity index (χ0) is 25.9. The first-order chi connectivity index (χ1) is 16.3. The molecule has 0 radical (unpaired) electrons. The number of hydrogen-bond acceptors (Lipinski definition) is 8. The molecule has 1 aromatic heterocycles. The summed E-state index contributed by atoms with van der Waals surface area (Å²) in [6.45, 7) is 6.98. The lowest BCUT2D eigenvalue weighted by Crippen LogP contribution is -2.39. The average Bonchev–Trinajstić information content (AvgIpc) is 3.23. The predicted molar refractivity (Wildman–Crippen MR) is 132 cm³/mol. The van der Waals surface area contributed by atoms with E-state index in [4.69, 9.17) is 36.6 Å². The van der Waals surface area contributed by atoms with Gasteiger partial charge in [0.15, 0.2) is 11.6 Å². The molecule has 0 spiro atoms. The molecular formula is C22H26ClFN3O6PS. The minimum Gasteiger partial charge on any atom is -0.491 e. The number of ether oxygens (including phenoxy) is 2. The van der Waals surface area contributed by atoms with E-state index < -0.39 is 25.8 Å². The molecule has 2 atom stereocenters. The van der Waals surface area contributed by atoms with Crippen molar-refractivity contribution in [2.45, 2.75) is 45.9 Å². The molecule has 0 aliphatic carbocycles. The van der Waals surface area contributed by atoms with E-state index in [2.05, 4.69) is 14.7 Å². The zero-order valence-corrected chi connectivity index (χ0v) is 21.9. The Kier molecular flexibility index (Phi) is 8.87. The summed E-state index contributed by atoms with van der Waals surface area (Å²) in [4.78, 5) is 17.7. The number of aromatic nitrogens is 2. The Morgan fingerprint density at radius 2 is 1.83 bits per heavy atom. The molecule has 4 N–H and O–H groups in total. The molecule has 0 aliphatic rings. The third-order valence-electron chi connectivity index (χ3n) is 4.80. The van der Waals surface area contributed by atoms with Crippen molar-refractivity contribution in [1.29, 1.82) is 0 Å². The molecule has 0 saturated heterocycles. The number of aryl methyl sites for hydroxylation is 1. The van der Waals surface area contributed by atoms with Crippen LogP contribution in [0.15, 0.2) is 30.3 Å². The number of hydrogen-bond donors (Lipinski definition) is 3. The fraction of sp³-hybridized carbons (Fsp3) is 0.364. The van der Waals surface area contributed by atoms with Crippen LogP contribution in [0.4, 0.5) is 4.39 Å². The second-order valence-corrected chi connectivity index (χ2v) is 10.7. The number of rotatable bonds is 10. The Morgan fingerprint density at radius 3 is 2.46 bits per heavy atom. The molecular weight excluding hydrogens is 520 g/mol. The SMILES string of the molecule is Cc1cc(-c2nnc(-c3cc(F)c(OC[C@H](N)[C@H](C)OP(=O)(O)O)cc3Cl)s2)ccc1OC(C)C. The molecule has 35 heavy (non-hydrogen) atoms. The standard InChI is InChI=1S/C22H26ClFN3O6PS/c1-11(2)32-19-6-5-14(7-12(19)3)21-26-27-22(35-21)15-8-17(24)20(9-16(15)23)31-10-18(25)13(4)33-34(28,29)30/h5-9,11,13,18H,10,25H2,1-4H3,(H2,28,29,30)/t13-,18-/m0/s1. The van der Waals surface area contributed by atoms with Gasteiger partial charge in [0, 0.05) is 17.2 Å². The fourth-order valence-corrected chi connectivity index (χ4v) is 4.80. The van der Waals surface area contributed by atoms with E-state index in [0.29, 0.717) is 15.6 Å². The van der Waals surface area contributed by atoms with E-state index in [0.717, 1.165) is 16.9 Å². The summed E-state index contributed by atoms with van der Waals surface area (Å²) in [6, 6.07) is 7.26. The molecule has 0 saturated carbocycles. The zero-order valence-electron chi connectivity index (χ0n) is 19.4. The summed E-state index contributed by atoms with van der Waals surface area (Å²) in [6.07, 6.45) is -0.966. The minimum absolute atomic E-state index is 0.0591. The van der Waals surface area contributed by atoms with Crippen molar-refractivity contribution in [3.63, 3.8) is 0 Å². The van der Waals surface area contributed by atoms with E-state index in [-0.39, 0.29) is 23.5 Å². The van der Waals surface area contributed by atoms with Crippen LogP contribution in [0.1, 0.15) is 26.3 Å². The van der Waals surface area contributed by atoms with Gasteiger partial charge in [-0.3, -0.25) is 4.52 Å². The van der Waals surface area contributed by atoms with Crippen LogP contribution in [-0.2, 0) is 9.09 Å². The van der Waals surface area contributed by atoms with Gasteiger partial charge in [-0.05, 0) is 57.5 Å². The topological polar surface area (TPSA) is 137 Å². The fourth-order valence-electron chi connectivity index (χ4n) is 3.04. The molecule has 190 valence electrons. The maximum Gasteiger partial charge on any atom is 0.469 e. The maximum atomic E-state index is 14.7. The highest BCUT2D eigenvalue weighted by atomic mass is 35.5. The molecule has 1 heterocycles. The normalized spacial score (nSPS) is 13.7. The number of phosphoric ester groups is 1. The van der Waals surface area contributed by atoms with Crippen molar-refractivity contribution in [1.82, 2.24) is 10.2 Å². The van der Waals surface area contributed by atoms with E-state index in [1.54, 1.807) is 0 Å². The van der Waals surface area contributed by atoms with Gasteiger partial charge in [0.25, 0.3) is 0 Å². The van der Waals surface area contributed by atoms with E-state index in [1.807, 2.05) is 39.0 Å². The molecule has 2 aromatic carbocycles. The first-order valence-electron chi connectivity index (χ1n) is 10.6. The van der Waals surface area contributed by atoms with Crippen molar-refractivity contribution in [3.8, 4) is 32.6 Å². The highest BCUT2D eigenvalue weighted by Crippen LogP contribution is 2.39. The van der Waals surface area contributed by atoms with Crippen molar-refractivity contribution in [3.05, 3.63) is 46.7 Å². The summed E-state index contributed by atoms with van der Waals surface area (Å²) in [5, 5.41) is 9.63. The lowest BCUT2D eigenvalue weighted by atomic mass is 10.1. The van der Waals surface area contributed by atoms with Crippen LogP contribution >= 0.6 is 30.8 Å². The predicted octanol–water partition coefficient (Wildman–Crippen LogP) is 4.96. The Labute approximate surface area is 211 Å². The van der Waals surface area contributed by atoms with Crippen LogP contribution in [0.3, 0.4) is 0 Å². The lowest BCUT2D eigenvalue weighted by Gasteiger charge is -2.21. The summed E-state index contributed by atoms with van der Waals surface area (Å²) < 4.78 is 41.3. The molecule has 0 amide bonds. The van der Waals surface area contributed by atoms with Gasteiger partial charge < -0.3 is 25.0 Å². The number of benzene rings is 2. The highest BCUT2D eigenvalue weighted by Gasteiger charge is 2.25. The second kappa shape index (κ2) is 11.3. The monoisotopic (exact) mass is 545 g/mol. The van der Waals surface area contributed by atoms with Crippen LogP contribution < -0.4 is 15.2 Å². The average molecular weight is 546 g/mol. The Bertz CT molecular complexity index is 1240. The molecule has 0 aliphatic heterocycles. The van der Waals surface area contributed by atoms with Crippen molar-refractivity contribution in [2.75, 3.05) is 6.61 Å². The van der Waals surface area contributed by atoms with E-state index in [1.165, 1.54) is 30.4 Å². The second-order valence-electron chi connectivity index (χ2n) is 8.10. The highest BCUT2D eigenvalue weighted by molar-refractivity contribution is 7.46. The van der Waals surface area contributed by atoms with Gasteiger partial charge in [-0.2, -0.15) is 0 Å². The van der Waals surface area contributed by atoms with Crippen molar-refractivity contribution >= 4 is 30.8 Å². The summed E-state index contributed by atoms with van der Waals surface area (Å²) >= 11 is 7.63. The molecule has 3 rings (SSSR count). The molecule has 3 aromatic rings. The van der Waals surface area contributed by atoms with Gasteiger partial charge in [-0.25, -0.2) is 8.96 Å². The third-order valence-corrected chi connectivity index (χ3v) is 6.72. The number of halogens is 2. The maximum absolute atomic E-state index is 14.7. The smallest absolute Gasteiger partial charge is 0.469 e. The van der Waals surface area contributed by atoms with Gasteiger partial charge >= 0.3 is 7.82 Å². The molecule has 0 fully saturated rings. The molecule has 0 bridgehead atoms. The van der Waals surface area contributed by atoms with Crippen LogP contribution in [0.25, 0.3) is 21.1 Å². The van der Waals surface area contributed by atoms with E-state index >= 15 is 0 Å². The minimum atomic E-state index is -4.71. The van der Waals surface area contributed by atoms with Crippen LogP contribution in [0, 0.1) is 12.7 Å². The Hall–Kier alpha value is -2.11. The Morgan fingerprint density at radius 1 is 1.14 bits per heavy atom. The first kappa shape index (κ1) is 27.5. The van der Waals surface area contributed by atoms with Crippen molar-refractivity contribution < 1.29 is 32.7 Å². The van der Waals surface area contributed by atoms with Gasteiger partial charge in [0.1, 0.15) is 22.4 Å². The van der Waals surface area contributed by atoms with Gasteiger partial charge in [0.05, 0.1) is 23.3 Å². The van der Waals surface area contributed by atoms with Crippen LogP contribution in [0.5, 0.6) is 11.5 Å². The first-order valence-corrected chi connectivity index (χ1v) is 13.3. The van der Waals surface area contributed by atoms with Gasteiger partial charge in [-0.15, -0.1) is 10.2 Å². The van der Waals surface area contributed by atoms with Crippen molar-refractivity contribution in [2.24, 2.45) is 5.73 Å². The Balaban J connectivity index is 1.75. The summed E-state index contributed by atoms with van der Waals surface area (Å²) in [5.74, 6) is -0.0850. The molecule has 0 unspecified atom stereocenters. The third kappa shape index (κ3) is 7.44. The number of phosphoric acid groups is 1. The largest absolute Gasteiger partial charge is 0.491 e. The summed E-state index contributed by atoms with van der Waals surface area (Å²) in [5.41, 5.74) is 7.96. The number of nitrogens with two attached hydrogens (primary N) is 1. The van der Waals surface area contributed by atoms with Crippen LogP contribution in [0.2, 0.25) is 5.02 Å². The summed E-state index contributed by atoms with van der Waals surface area (Å²) in [7, 11) is -4.71. The van der Waals surface area contributed by atoms with Gasteiger partial charge in [-0.1, -0.05) is 22.9 Å². The lowest BCUT2D eigenvalue weighted by molar-refractivity contribution is 0.106. The van der Waals surface area contributed by atoms with Gasteiger partial charge in [0.2, 0.25) is 0 Å². The van der Waals surface area contributed by atoms with Crippen LogP contribution in [-0.4, -0.2) is 44.8 Å². The molecule has 13 heteroatoms.